The van der Waals surface area contributed by atoms with Gasteiger partial charge in [0.05, 0.1) is 18.8 Å². The molecule has 2 unspecified atom stereocenters. The Bertz CT molecular complexity index is 661. The van der Waals surface area contributed by atoms with Gasteiger partial charge in [0, 0.05) is 6.42 Å². The molecule has 0 heterocycles. The number of carbonyl (C=O) groups excluding carboxylic acids is 1. The summed E-state index contributed by atoms with van der Waals surface area (Å²) >= 11 is 0. The van der Waals surface area contributed by atoms with Gasteiger partial charge in [-0.25, -0.2) is 0 Å². The molecule has 4 heteroatoms. The standard InChI is InChI=1S/C42H81NO3/c1-3-5-7-9-11-13-15-17-18-19-20-21-22-23-24-25-26-28-30-32-34-36-38-42(46)43-40(39-44)41(45)37-35-33-31-29-27-16-14-12-10-8-6-4-2/h27,29,35,37,40-41,44-45H,3-26,28,30-34,36,38-39H2,1-2H3,(H,43,46)/b29-27+,37-35+. The van der Waals surface area contributed by atoms with Crippen LogP contribution in [0.2, 0.25) is 0 Å². The maximum atomic E-state index is 12.3. The molecule has 272 valence electrons. The second-order valence-electron chi connectivity index (χ2n) is 14.1. The fraction of sp³-hybridized carbons (Fsp3) is 0.881. The van der Waals surface area contributed by atoms with Gasteiger partial charge in [0.2, 0.25) is 5.91 Å². The molecule has 0 bridgehead atoms. The number of aliphatic hydroxyl groups excluding tert-OH is 2. The first-order valence-corrected chi connectivity index (χ1v) is 20.6. The average Bonchev–Trinajstić information content (AvgIpc) is 3.06. The monoisotopic (exact) mass is 648 g/mol. The summed E-state index contributed by atoms with van der Waals surface area (Å²) in [7, 11) is 0. The molecule has 4 nitrogen and oxygen atoms in total. The quantitative estimate of drug-likeness (QED) is 0.0464. The minimum atomic E-state index is -0.856. The Morgan fingerprint density at radius 3 is 1.26 bits per heavy atom. The highest BCUT2D eigenvalue weighted by Crippen LogP contribution is 2.16. The molecule has 0 rings (SSSR count). The van der Waals surface area contributed by atoms with Crippen molar-refractivity contribution in [3.8, 4) is 0 Å². The van der Waals surface area contributed by atoms with Crippen molar-refractivity contribution in [2.75, 3.05) is 6.61 Å². The SMILES string of the molecule is CCCCCCCC/C=C/CC/C=C/C(O)C(CO)NC(=O)CCCCCCCCCCCCCCCCCCCCCCCC. The third-order valence-electron chi connectivity index (χ3n) is 9.44. The molecule has 0 aromatic carbocycles. The van der Waals surface area contributed by atoms with Gasteiger partial charge in [0.1, 0.15) is 0 Å². The molecule has 0 radical (unpaired) electrons. The maximum absolute atomic E-state index is 12.3. The number of rotatable bonds is 37. The van der Waals surface area contributed by atoms with Crippen molar-refractivity contribution in [3.05, 3.63) is 24.3 Å². The topological polar surface area (TPSA) is 69.6 Å². The van der Waals surface area contributed by atoms with E-state index >= 15 is 0 Å². The molecule has 46 heavy (non-hydrogen) atoms. The Labute approximate surface area is 288 Å². The number of amides is 1. The number of aliphatic hydroxyl groups is 2. The summed E-state index contributed by atoms with van der Waals surface area (Å²) in [5, 5.41) is 22.9. The van der Waals surface area contributed by atoms with E-state index in [1.165, 1.54) is 167 Å². The number of hydrogen-bond acceptors (Lipinski definition) is 3. The molecule has 0 spiro atoms. The highest BCUT2D eigenvalue weighted by atomic mass is 16.3. The molecule has 0 saturated carbocycles. The lowest BCUT2D eigenvalue weighted by Crippen LogP contribution is -2.45. The summed E-state index contributed by atoms with van der Waals surface area (Å²) < 4.78 is 0. The Hall–Kier alpha value is -1.13. The second kappa shape index (κ2) is 38.3. The van der Waals surface area contributed by atoms with E-state index in [1.807, 2.05) is 6.08 Å². The van der Waals surface area contributed by atoms with Crippen LogP contribution >= 0.6 is 0 Å². The van der Waals surface area contributed by atoms with E-state index in [4.69, 9.17) is 0 Å². The van der Waals surface area contributed by atoms with Crippen LogP contribution in [0.1, 0.15) is 219 Å². The summed E-state index contributed by atoms with van der Waals surface area (Å²) in [5.74, 6) is -0.0720. The van der Waals surface area contributed by atoms with Gasteiger partial charge in [-0.1, -0.05) is 205 Å². The summed E-state index contributed by atoms with van der Waals surface area (Å²) in [4.78, 5) is 12.3. The number of allylic oxidation sites excluding steroid dienone is 3. The minimum Gasteiger partial charge on any atom is -0.394 e. The Morgan fingerprint density at radius 1 is 0.500 bits per heavy atom. The lowest BCUT2D eigenvalue weighted by Gasteiger charge is -2.19. The second-order valence-corrected chi connectivity index (χ2v) is 14.1. The summed E-state index contributed by atoms with van der Waals surface area (Å²) in [6, 6.07) is -0.633. The van der Waals surface area contributed by atoms with E-state index in [9.17, 15) is 15.0 Å². The van der Waals surface area contributed by atoms with Crippen LogP contribution in [-0.4, -0.2) is 34.9 Å². The summed E-state index contributed by atoms with van der Waals surface area (Å²) in [6.07, 6.45) is 48.5. The molecule has 0 fully saturated rings. The van der Waals surface area contributed by atoms with E-state index in [-0.39, 0.29) is 12.5 Å². The fourth-order valence-corrected chi connectivity index (χ4v) is 6.25. The van der Waals surface area contributed by atoms with Crippen LogP contribution in [0, 0.1) is 0 Å². The van der Waals surface area contributed by atoms with E-state index < -0.39 is 12.1 Å². The van der Waals surface area contributed by atoms with E-state index in [0.29, 0.717) is 6.42 Å². The predicted octanol–water partition coefficient (Wildman–Crippen LogP) is 12.5. The summed E-state index contributed by atoms with van der Waals surface area (Å²) in [6.45, 7) is 4.29. The molecule has 3 N–H and O–H groups in total. The summed E-state index contributed by atoms with van der Waals surface area (Å²) in [5.41, 5.74) is 0. The van der Waals surface area contributed by atoms with Crippen molar-refractivity contribution in [1.29, 1.82) is 0 Å². The molecule has 0 aliphatic carbocycles. The van der Waals surface area contributed by atoms with Crippen molar-refractivity contribution in [3.63, 3.8) is 0 Å². The van der Waals surface area contributed by atoms with Crippen molar-refractivity contribution >= 4 is 5.91 Å². The van der Waals surface area contributed by atoms with Crippen molar-refractivity contribution in [1.82, 2.24) is 5.32 Å². The van der Waals surface area contributed by atoms with Gasteiger partial charge in [-0.05, 0) is 32.1 Å². The van der Waals surface area contributed by atoms with Crippen molar-refractivity contribution < 1.29 is 15.0 Å². The van der Waals surface area contributed by atoms with Gasteiger partial charge in [0.15, 0.2) is 0 Å². The number of nitrogens with one attached hydrogen (secondary N) is 1. The van der Waals surface area contributed by atoms with E-state index in [2.05, 4.69) is 31.3 Å². The molecule has 0 aliphatic rings. The van der Waals surface area contributed by atoms with Crippen molar-refractivity contribution in [2.45, 2.75) is 231 Å². The molecular weight excluding hydrogens is 566 g/mol. The smallest absolute Gasteiger partial charge is 0.220 e. The number of unbranched alkanes of at least 4 members (excludes halogenated alkanes) is 28. The van der Waals surface area contributed by atoms with Gasteiger partial charge >= 0.3 is 0 Å². The zero-order valence-corrected chi connectivity index (χ0v) is 31.1. The minimum absolute atomic E-state index is 0.0720. The van der Waals surface area contributed by atoms with Crippen LogP contribution in [0.4, 0.5) is 0 Å². The molecule has 0 aromatic rings. The lowest BCUT2D eigenvalue weighted by atomic mass is 10.0. The highest BCUT2D eigenvalue weighted by molar-refractivity contribution is 5.76. The molecule has 2 atom stereocenters. The molecule has 0 saturated heterocycles. The van der Waals surface area contributed by atoms with Crippen LogP contribution in [-0.2, 0) is 4.79 Å². The first-order valence-electron chi connectivity index (χ1n) is 20.6. The normalized spacial score (nSPS) is 13.2. The molecule has 0 aliphatic heterocycles. The van der Waals surface area contributed by atoms with Crippen LogP contribution in [0.3, 0.4) is 0 Å². The van der Waals surface area contributed by atoms with E-state index in [1.54, 1.807) is 6.08 Å². The molecular formula is C42H81NO3. The Morgan fingerprint density at radius 2 is 0.848 bits per heavy atom. The zero-order valence-electron chi connectivity index (χ0n) is 31.1. The fourth-order valence-electron chi connectivity index (χ4n) is 6.25. The zero-order chi connectivity index (χ0) is 33.6. The first kappa shape index (κ1) is 44.9. The average molecular weight is 648 g/mol. The maximum Gasteiger partial charge on any atom is 0.220 e. The third-order valence-corrected chi connectivity index (χ3v) is 9.44. The van der Waals surface area contributed by atoms with Crippen LogP contribution in [0.15, 0.2) is 24.3 Å². The Kier molecular flexibility index (Phi) is 37.4. The Balaban J connectivity index is 3.53. The van der Waals surface area contributed by atoms with Crippen molar-refractivity contribution in [2.24, 2.45) is 0 Å². The largest absolute Gasteiger partial charge is 0.394 e. The molecule has 0 aromatic heterocycles. The van der Waals surface area contributed by atoms with Crippen LogP contribution < -0.4 is 5.32 Å². The highest BCUT2D eigenvalue weighted by Gasteiger charge is 2.17. The predicted molar refractivity (Wildman–Crippen MR) is 202 cm³/mol. The van der Waals surface area contributed by atoms with E-state index in [0.717, 1.165) is 32.1 Å². The van der Waals surface area contributed by atoms with Gasteiger partial charge < -0.3 is 15.5 Å². The lowest BCUT2D eigenvalue weighted by molar-refractivity contribution is -0.123. The van der Waals surface area contributed by atoms with Gasteiger partial charge in [-0.3, -0.25) is 4.79 Å². The third kappa shape index (κ3) is 34.2. The molecule has 1 amide bonds. The number of hydrogen-bond donors (Lipinski definition) is 3. The van der Waals surface area contributed by atoms with Gasteiger partial charge in [0.25, 0.3) is 0 Å². The number of carbonyl (C=O) groups is 1. The van der Waals surface area contributed by atoms with Gasteiger partial charge in [-0.15, -0.1) is 0 Å². The van der Waals surface area contributed by atoms with Crippen LogP contribution in [0.5, 0.6) is 0 Å². The van der Waals surface area contributed by atoms with Crippen LogP contribution in [0.25, 0.3) is 0 Å². The first-order chi connectivity index (χ1) is 22.7. The van der Waals surface area contributed by atoms with Gasteiger partial charge in [-0.2, -0.15) is 0 Å².